The van der Waals surface area contributed by atoms with Gasteiger partial charge in [0.15, 0.2) is 12.4 Å². The van der Waals surface area contributed by atoms with Crippen LogP contribution in [0.2, 0.25) is 0 Å². The van der Waals surface area contributed by atoms with E-state index in [2.05, 4.69) is 8.92 Å². The molecular weight excluding hydrogens is 216 g/mol. The molecule has 84 valence electrons. The van der Waals surface area contributed by atoms with Crippen molar-refractivity contribution in [3.63, 3.8) is 0 Å². The van der Waals surface area contributed by atoms with E-state index in [-0.39, 0.29) is 6.61 Å². The van der Waals surface area contributed by atoms with Crippen LogP contribution >= 0.6 is 0 Å². The lowest BCUT2D eigenvalue weighted by Gasteiger charge is -2.34. The van der Waals surface area contributed by atoms with E-state index in [0.717, 1.165) is 6.26 Å². The van der Waals surface area contributed by atoms with Gasteiger partial charge in [-0.1, -0.05) is 0 Å². The van der Waals surface area contributed by atoms with Crippen LogP contribution in [-0.2, 0) is 19.0 Å². The summed E-state index contributed by atoms with van der Waals surface area (Å²) in [6.07, 6.45) is -5.05. The molecule has 7 nitrogen and oxygen atoms in total. The van der Waals surface area contributed by atoms with Crippen LogP contribution in [0.25, 0.3) is 0 Å². The molecule has 1 rings (SSSR count). The van der Waals surface area contributed by atoms with Crippen LogP contribution < -0.4 is 0 Å². The molecule has 0 aromatic carbocycles. The van der Waals surface area contributed by atoms with Crippen molar-refractivity contribution in [1.82, 2.24) is 0 Å². The van der Waals surface area contributed by atoms with Gasteiger partial charge >= 0.3 is 0 Å². The summed E-state index contributed by atoms with van der Waals surface area (Å²) in [6, 6.07) is 0. The van der Waals surface area contributed by atoms with E-state index in [0.29, 0.717) is 0 Å². The summed E-state index contributed by atoms with van der Waals surface area (Å²) in [5.41, 5.74) is 0. The molecule has 1 saturated heterocycles. The minimum Gasteiger partial charge on any atom is -0.388 e. The van der Waals surface area contributed by atoms with Gasteiger partial charge in [0.1, 0.15) is 12.2 Å². The molecule has 1 aliphatic heterocycles. The molecule has 0 saturated carbocycles. The molecule has 4 atom stereocenters. The zero-order chi connectivity index (χ0) is 10.9. The van der Waals surface area contributed by atoms with E-state index >= 15 is 0 Å². The van der Waals surface area contributed by atoms with Crippen LogP contribution in [0.5, 0.6) is 0 Å². The molecule has 1 fully saturated rings. The van der Waals surface area contributed by atoms with Gasteiger partial charge in [0.05, 0.1) is 12.9 Å². The van der Waals surface area contributed by atoms with E-state index in [9.17, 15) is 13.5 Å². The Hall–Kier alpha value is -0.250. The fourth-order valence-corrected chi connectivity index (χ4v) is 1.70. The third-order valence-electron chi connectivity index (χ3n) is 1.74. The summed E-state index contributed by atoms with van der Waals surface area (Å²) >= 11 is 0. The second kappa shape index (κ2) is 4.09. The Morgan fingerprint density at radius 2 is 1.93 bits per heavy atom. The van der Waals surface area contributed by atoms with E-state index in [1.165, 1.54) is 0 Å². The Morgan fingerprint density at radius 1 is 1.36 bits per heavy atom. The summed E-state index contributed by atoms with van der Waals surface area (Å²) in [5.74, 6) is 0. The first kappa shape index (κ1) is 11.8. The van der Waals surface area contributed by atoms with Gasteiger partial charge in [0, 0.05) is 0 Å². The highest BCUT2D eigenvalue weighted by Crippen LogP contribution is 2.18. The first-order valence-electron chi connectivity index (χ1n) is 3.85. The minimum absolute atomic E-state index is 0.272. The second-order valence-electron chi connectivity index (χ2n) is 3.05. The summed E-state index contributed by atoms with van der Waals surface area (Å²) < 4.78 is 30.4. The van der Waals surface area contributed by atoms with Crippen LogP contribution in [0.4, 0.5) is 0 Å². The fourth-order valence-electron chi connectivity index (χ4n) is 1.08. The van der Waals surface area contributed by atoms with E-state index in [4.69, 9.17) is 10.2 Å². The van der Waals surface area contributed by atoms with Crippen molar-refractivity contribution in [3.8, 4) is 0 Å². The predicted molar refractivity (Wildman–Crippen MR) is 43.7 cm³/mol. The molecule has 0 aromatic heterocycles. The zero-order valence-corrected chi connectivity index (χ0v) is 8.22. The van der Waals surface area contributed by atoms with Crippen LogP contribution in [0.15, 0.2) is 0 Å². The predicted octanol–water partition coefficient (Wildman–Crippen LogP) is -2.60. The zero-order valence-electron chi connectivity index (χ0n) is 7.40. The van der Waals surface area contributed by atoms with Crippen LogP contribution in [0.3, 0.4) is 0 Å². The van der Waals surface area contributed by atoms with E-state index < -0.39 is 34.7 Å². The molecule has 0 unspecified atom stereocenters. The molecule has 0 bridgehead atoms. The largest absolute Gasteiger partial charge is 0.388 e. The molecule has 0 aliphatic carbocycles. The highest BCUT2D eigenvalue weighted by atomic mass is 32.2. The van der Waals surface area contributed by atoms with E-state index in [1.54, 1.807) is 0 Å². The maximum atomic E-state index is 10.7. The van der Waals surface area contributed by atoms with Crippen molar-refractivity contribution < 1.29 is 32.7 Å². The van der Waals surface area contributed by atoms with Crippen LogP contribution in [-0.4, -0.2) is 61.2 Å². The number of ether oxygens (including phenoxy) is 1. The normalized spacial score (nSPS) is 39.7. The lowest BCUT2D eigenvalue weighted by molar-refractivity contribution is -0.243. The topological polar surface area (TPSA) is 113 Å². The quantitative estimate of drug-likeness (QED) is 0.444. The average Bonchev–Trinajstić information content (AvgIpc) is 2.04. The van der Waals surface area contributed by atoms with Crippen molar-refractivity contribution in [1.29, 1.82) is 0 Å². The first-order chi connectivity index (χ1) is 6.31. The Morgan fingerprint density at radius 3 is 2.43 bits per heavy atom. The van der Waals surface area contributed by atoms with Gasteiger partial charge in [-0.25, -0.2) is 0 Å². The number of aliphatic hydroxyl groups is 3. The molecule has 8 heteroatoms. The summed E-state index contributed by atoms with van der Waals surface area (Å²) in [6.45, 7) is -0.272. The highest BCUT2D eigenvalue weighted by Gasteiger charge is 2.40. The van der Waals surface area contributed by atoms with Gasteiger partial charge < -0.3 is 20.1 Å². The molecule has 0 radical (unpaired) electrons. The number of hydrogen-bond acceptors (Lipinski definition) is 7. The molecule has 0 spiro atoms. The number of rotatable bonds is 2. The summed E-state index contributed by atoms with van der Waals surface area (Å²) in [7, 11) is -3.82. The maximum absolute atomic E-state index is 10.7. The molecule has 14 heavy (non-hydrogen) atoms. The number of hydrogen-bond donors (Lipinski definition) is 3. The van der Waals surface area contributed by atoms with Crippen LogP contribution in [0, 0.1) is 0 Å². The lowest BCUT2D eigenvalue weighted by Crippen LogP contribution is -2.54. The van der Waals surface area contributed by atoms with Gasteiger partial charge in [0.25, 0.3) is 10.1 Å². The van der Waals surface area contributed by atoms with Crippen molar-refractivity contribution in [2.24, 2.45) is 0 Å². The molecule has 1 aliphatic rings. The van der Waals surface area contributed by atoms with Gasteiger partial charge in [-0.05, 0) is 0 Å². The first-order valence-corrected chi connectivity index (χ1v) is 5.67. The maximum Gasteiger partial charge on any atom is 0.264 e. The monoisotopic (exact) mass is 228 g/mol. The Bertz CT molecular complexity index is 287. The van der Waals surface area contributed by atoms with Gasteiger partial charge in [-0.3, -0.25) is 4.18 Å². The average molecular weight is 228 g/mol. The Kier molecular flexibility index (Phi) is 3.45. The highest BCUT2D eigenvalue weighted by molar-refractivity contribution is 7.86. The van der Waals surface area contributed by atoms with Crippen molar-refractivity contribution in [2.45, 2.75) is 24.6 Å². The smallest absolute Gasteiger partial charge is 0.264 e. The molecule has 0 aromatic rings. The SMILES string of the molecule is CS(=O)(=O)O[C@H]1[C@H](O)[C@@H](O)CO[C@@H]1O. The molecule has 3 N–H and O–H groups in total. The molecule has 0 amide bonds. The summed E-state index contributed by atoms with van der Waals surface area (Å²) in [5, 5.41) is 27.5. The standard InChI is InChI=1S/C6H12O7S/c1-14(10,11)13-5-4(8)3(7)2-12-6(5)9/h3-9H,2H2,1H3/t3-,4+,5-,6-/m0/s1. The van der Waals surface area contributed by atoms with Gasteiger partial charge in [-0.15, -0.1) is 0 Å². The minimum atomic E-state index is -3.82. The Balaban J connectivity index is 2.73. The second-order valence-corrected chi connectivity index (χ2v) is 4.65. The van der Waals surface area contributed by atoms with Crippen LogP contribution in [0.1, 0.15) is 0 Å². The fraction of sp³-hybridized carbons (Fsp3) is 1.00. The van der Waals surface area contributed by atoms with Crippen molar-refractivity contribution >= 4 is 10.1 Å². The van der Waals surface area contributed by atoms with Crippen molar-refractivity contribution in [2.75, 3.05) is 12.9 Å². The van der Waals surface area contributed by atoms with E-state index in [1.807, 2.05) is 0 Å². The van der Waals surface area contributed by atoms with Gasteiger partial charge in [0.2, 0.25) is 0 Å². The molecule has 1 heterocycles. The third kappa shape index (κ3) is 2.87. The summed E-state index contributed by atoms with van der Waals surface area (Å²) in [4.78, 5) is 0. The lowest BCUT2D eigenvalue weighted by atomic mass is 10.1. The van der Waals surface area contributed by atoms with Crippen molar-refractivity contribution in [3.05, 3.63) is 0 Å². The number of aliphatic hydroxyl groups excluding tert-OH is 3. The van der Waals surface area contributed by atoms with Gasteiger partial charge in [-0.2, -0.15) is 8.42 Å². The Labute approximate surface area is 81.0 Å². The third-order valence-corrected chi connectivity index (χ3v) is 2.31. The molecular formula is C6H12O7S.